The van der Waals surface area contributed by atoms with Gasteiger partial charge in [-0.2, -0.15) is 9.78 Å². The fourth-order valence-electron chi connectivity index (χ4n) is 1.98. The predicted molar refractivity (Wildman–Crippen MR) is 75.0 cm³/mol. The van der Waals surface area contributed by atoms with Crippen molar-refractivity contribution in [3.63, 3.8) is 0 Å². The molecule has 98 valence electrons. The molecule has 6 heteroatoms. The predicted octanol–water partition coefficient (Wildman–Crippen LogP) is 2.34. The fourth-order valence-corrected chi connectivity index (χ4v) is 2.96. The fraction of sp³-hybridized carbons (Fsp3) is 0.308. The number of hydrogen-bond acceptors (Lipinski definition) is 5. The lowest BCUT2D eigenvalue weighted by Crippen LogP contribution is -2.21. The number of rotatable bonds is 2. The van der Waals surface area contributed by atoms with Crippen molar-refractivity contribution in [2.75, 3.05) is 7.11 Å². The summed E-state index contributed by atoms with van der Waals surface area (Å²) in [4.78, 5) is 0. The Hall–Kier alpha value is -1.82. The van der Waals surface area contributed by atoms with E-state index in [4.69, 9.17) is 4.74 Å². The third kappa shape index (κ3) is 2.12. The van der Waals surface area contributed by atoms with Crippen molar-refractivity contribution in [2.24, 2.45) is 5.10 Å². The Kier molecular flexibility index (Phi) is 3.02. The quantitative estimate of drug-likeness (QED) is 0.843. The van der Waals surface area contributed by atoms with E-state index in [1.807, 2.05) is 31.2 Å². The van der Waals surface area contributed by atoms with Crippen LogP contribution in [0.5, 0.6) is 5.75 Å². The minimum atomic E-state index is 0.254. The molecule has 0 bridgehead atoms. The standard InChI is InChI=1S/C13H14N4OS/c1-8-12(10-4-6-11(18-3)7-5-10)16-17-9(2)14-15-13(17)19-8/h4-8H,1-3H3. The summed E-state index contributed by atoms with van der Waals surface area (Å²) in [6.07, 6.45) is 0. The van der Waals surface area contributed by atoms with Gasteiger partial charge < -0.3 is 4.74 Å². The summed E-state index contributed by atoms with van der Waals surface area (Å²) in [6, 6.07) is 7.95. The summed E-state index contributed by atoms with van der Waals surface area (Å²) < 4.78 is 6.97. The van der Waals surface area contributed by atoms with Gasteiger partial charge in [0, 0.05) is 0 Å². The monoisotopic (exact) mass is 274 g/mol. The lowest BCUT2D eigenvalue weighted by molar-refractivity contribution is 0.415. The van der Waals surface area contributed by atoms with Crippen molar-refractivity contribution >= 4 is 17.5 Å². The summed E-state index contributed by atoms with van der Waals surface area (Å²) in [5, 5.41) is 13.9. The summed E-state index contributed by atoms with van der Waals surface area (Å²) >= 11 is 1.67. The smallest absolute Gasteiger partial charge is 0.212 e. The first-order valence-electron chi connectivity index (χ1n) is 6.01. The molecule has 2 aromatic rings. The van der Waals surface area contributed by atoms with E-state index in [9.17, 15) is 0 Å². The van der Waals surface area contributed by atoms with Crippen LogP contribution in [0.1, 0.15) is 18.3 Å². The Morgan fingerprint density at radius 2 is 1.95 bits per heavy atom. The molecule has 0 amide bonds. The highest BCUT2D eigenvalue weighted by Gasteiger charge is 2.24. The first-order chi connectivity index (χ1) is 9.19. The Bertz CT molecular complexity index is 633. The maximum Gasteiger partial charge on any atom is 0.212 e. The molecule has 1 aliphatic heterocycles. The number of methoxy groups -OCH3 is 1. The van der Waals surface area contributed by atoms with Gasteiger partial charge in [-0.3, -0.25) is 0 Å². The van der Waals surface area contributed by atoms with Crippen LogP contribution < -0.4 is 4.74 Å². The maximum absolute atomic E-state index is 5.18. The van der Waals surface area contributed by atoms with E-state index in [2.05, 4.69) is 22.2 Å². The summed E-state index contributed by atoms with van der Waals surface area (Å²) in [5.74, 6) is 1.65. The normalized spacial score (nSPS) is 17.8. The van der Waals surface area contributed by atoms with Crippen LogP contribution >= 0.6 is 11.8 Å². The number of ether oxygens (including phenoxy) is 1. The molecule has 1 unspecified atom stereocenters. The molecular weight excluding hydrogens is 260 g/mol. The topological polar surface area (TPSA) is 52.3 Å². The molecule has 0 radical (unpaired) electrons. The average molecular weight is 274 g/mol. The van der Waals surface area contributed by atoms with Gasteiger partial charge in [-0.1, -0.05) is 11.8 Å². The second-order valence-corrected chi connectivity index (χ2v) is 5.62. The van der Waals surface area contributed by atoms with E-state index in [1.165, 1.54) is 0 Å². The van der Waals surface area contributed by atoms with Crippen LogP contribution in [0.2, 0.25) is 0 Å². The van der Waals surface area contributed by atoms with Crippen molar-refractivity contribution in [1.82, 2.24) is 14.9 Å². The molecule has 1 aromatic carbocycles. The number of aryl methyl sites for hydroxylation is 1. The van der Waals surface area contributed by atoms with Gasteiger partial charge in [-0.25, -0.2) is 0 Å². The molecule has 0 fully saturated rings. The van der Waals surface area contributed by atoms with Crippen LogP contribution in [-0.4, -0.2) is 32.9 Å². The summed E-state index contributed by atoms with van der Waals surface area (Å²) in [6.45, 7) is 4.03. The van der Waals surface area contributed by atoms with Crippen molar-refractivity contribution in [3.05, 3.63) is 35.7 Å². The number of hydrogen-bond donors (Lipinski definition) is 0. The van der Waals surface area contributed by atoms with E-state index in [0.717, 1.165) is 28.0 Å². The molecular formula is C13H14N4OS. The first kappa shape index (κ1) is 12.2. The number of thioether (sulfide) groups is 1. The summed E-state index contributed by atoms with van der Waals surface area (Å²) in [7, 11) is 1.67. The van der Waals surface area contributed by atoms with Crippen LogP contribution in [0.25, 0.3) is 0 Å². The number of nitrogens with zero attached hydrogens (tertiary/aromatic N) is 4. The highest BCUT2D eigenvalue weighted by Crippen LogP contribution is 2.30. The Morgan fingerprint density at radius 3 is 2.63 bits per heavy atom. The molecule has 0 aliphatic carbocycles. The number of fused-ring (bicyclic) bond motifs is 1. The zero-order valence-corrected chi connectivity index (χ0v) is 11.8. The average Bonchev–Trinajstić information content (AvgIpc) is 2.79. The zero-order valence-electron chi connectivity index (χ0n) is 11.0. The molecule has 2 heterocycles. The van der Waals surface area contributed by atoms with E-state index >= 15 is 0 Å². The summed E-state index contributed by atoms with van der Waals surface area (Å²) in [5.41, 5.74) is 2.13. The molecule has 1 atom stereocenters. The van der Waals surface area contributed by atoms with Gasteiger partial charge in [0.05, 0.1) is 18.1 Å². The Balaban J connectivity index is 2.03. The second-order valence-electron chi connectivity index (χ2n) is 4.32. The second kappa shape index (κ2) is 4.70. The van der Waals surface area contributed by atoms with Gasteiger partial charge in [0.2, 0.25) is 5.16 Å². The third-order valence-electron chi connectivity index (χ3n) is 3.03. The van der Waals surface area contributed by atoms with Crippen LogP contribution in [0.15, 0.2) is 34.5 Å². The SMILES string of the molecule is COc1ccc(C2=Nn3c(C)nnc3SC2C)cc1. The third-order valence-corrected chi connectivity index (χ3v) is 4.07. The van der Waals surface area contributed by atoms with E-state index in [-0.39, 0.29) is 5.25 Å². The molecule has 3 rings (SSSR count). The molecule has 0 saturated carbocycles. The largest absolute Gasteiger partial charge is 0.497 e. The van der Waals surface area contributed by atoms with E-state index < -0.39 is 0 Å². The Morgan fingerprint density at radius 1 is 1.21 bits per heavy atom. The van der Waals surface area contributed by atoms with Crippen molar-refractivity contribution < 1.29 is 4.74 Å². The minimum absolute atomic E-state index is 0.254. The van der Waals surface area contributed by atoms with Gasteiger partial charge in [0.15, 0.2) is 5.82 Å². The molecule has 5 nitrogen and oxygen atoms in total. The van der Waals surface area contributed by atoms with Gasteiger partial charge in [-0.15, -0.1) is 10.2 Å². The molecule has 19 heavy (non-hydrogen) atoms. The molecule has 0 N–H and O–H groups in total. The van der Waals surface area contributed by atoms with Crippen LogP contribution in [0, 0.1) is 6.92 Å². The number of benzene rings is 1. The van der Waals surface area contributed by atoms with Crippen LogP contribution in [0.4, 0.5) is 0 Å². The first-order valence-corrected chi connectivity index (χ1v) is 6.89. The minimum Gasteiger partial charge on any atom is -0.497 e. The zero-order chi connectivity index (χ0) is 13.4. The van der Waals surface area contributed by atoms with Gasteiger partial charge in [0.25, 0.3) is 0 Å². The molecule has 0 saturated heterocycles. The van der Waals surface area contributed by atoms with Crippen LogP contribution in [-0.2, 0) is 0 Å². The van der Waals surface area contributed by atoms with Gasteiger partial charge >= 0.3 is 0 Å². The molecule has 0 spiro atoms. The van der Waals surface area contributed by atoms with Gasteiger partial charge in [0.1, 0.15) is 5.75 Å². The van der Waals surface area contributed by atoms with E-state index in [1.54, 1.807) is 23.5 Å². The molecule has 1 aromatic heterocycles. The van der Waals surface area contributed by atoms with Gasteiger partial charge in [-0.05, 0) is 43.7 Å². The number of aromatic nitrogens is 3. The van der Waals surface area contributed by atoms with Crippen molar-refractivity contribution in [2.45, 2.75) is 24.3 Å². The molecule has 1 aliphatic rings. The van der Waals surface area contributed by atoms with Crippen molar-refractivity contribution in [1.29, 1.82) is 0 Å². The Labute approximate surface area is 115 Å². The highest BCUT2D eigenvalue weighted by molar-refractivity contribution is 8.00. The lowest BCUT2D eigenvalue weighted by Gasteiger charge is -2.19. The highest BCUT2D eigenvalue weighted by atomic mass is 32.2. The van der Waals surface area contributed by atoms with E-state index in [0.29, 0.717) is 0 Å². The van der Waals surface area contributed by atoms with Crippen LogP contribution in [0.3, 0.4) is 0 Å². The lowest BCUT2D eigenvalue weighted by atomic mass is 10.1. The van der Waals surface area contributed by atoms with Crippen molar-refractivity contribution in [3.8, 4) is 5.75 Å². The maximum atomic E-state index is 5.18.